The van der Waals surface area contributed by atoms with Gasteiger partial charge in [0.15, 0.2) is 0 Å². The van der Waals surface area contributed by atoms with Crippen LogP contribution in [0.2, 0.25) is 0 Å². The molecule has 0 aromatic rings. The zero-order chi connectivity index (χ0) is 9.50. The van der Waals surface area contributed by atoms with E-state index < -0.39 is 19.2 Å². The van der Waals surface area contributed by atoms with Crippen molar-refractivity contribution >= 4 is 7.37 Å². The Morgan fingerprint density at radius 3 is 1.08 bits per heavy atom. The average molecular weight is 309 g/mol. The Labute approximate surface area is 77.9 Å². The van der Waals surface area contributed by atoms with Gasteiger partial charge in [0.2, 0.25) is 7.37 Å². The van der Waals surface area contributed by atoms with Crippen molar-refractivity contribution < 1.29 is 58.2 Å². The van der Waals surface area contributed by atoms with Gasteiger partial charge in [-0.15, -0.1) is 0 Å². The van der Waals surface area contributed by atoms with E-state index in [4.69, 9.17) is 0 Å². The first-order valence-electron chi connectivity index (χ1n) is 1.95. The molecule has 0 aliphatic carbocycles. The third kappa shape index (κ3) is 2.77. The Hall–Kier alpha value is 0.510. The van der Waals surface area contributed by atoms with Gasteiger partial charge < -0.3 is 9.46 Å². The molecule has 2 nitrogen and oxygen atoms in total. The molecule has 78 valence electrons. The molecule has 12 heavy (non-hydrogen) atoms. The van der Waals surface area contributed by atoms with Crippen molar-refractivity contribution in [2.75, 3.05) is 0 Å². The van der Waals surface area contributed by atoms with E-state index in [-0.39, 0.29) is 22.4 Å². The maximum atomic E-state index is 11.0. The summed E-state index contributed by atoms with van der Waals surface area (Å²) in [5, 5.41) is 0. The molecular formula is C2AgF6O2P. The molecule has 0 N–H and O–H groups in total. The quantitative estimate of drug-likeness (QED) is 0.388. The number of halogens is 6. The molecule has 0 aliphatic heterocycles. The van der Waals surface area contributed by atoms with E-state index in [2.05, 4.69) is 0 Å². The molecule has 0 aromatic carbocycles. The van der Waals surface area contributed by atoms with Crippen LogP contribution in [0, 0.1) is 0 Å². The smallest absolute Gasteiger partial charge is 0.787 e. The number of hydrogen-bond donors (Lipinski definition) is 0. The standard InChI is InChI=1S/C2HF6O2P.Ag/c3-1(4,5)11(9,10)2(6,7)8;/h(H,9,10);/q;+1/p-1. The van der Waals surface area contributed by atoms with Gasteiger partial charge >= 0.3 is 34.2 Å². The van der Waals surface area contributed by atoms with Gasteiger partial charge in [0.1, 0.15) is 0 Å². The Bertz CT molecular complexity index is 177. The van der Waals surface area contributed by atoms with Gasteiger partial charge in [-0.2, -0.15) is 26.3 Å². The van der Waals surface area contributed by atoms with Crippen molar-refractivity contribution in [1.82, 2.24) is 0 Å². The van der Waals surface area contributed by atoms with Crippen LogP contribution in [0.25, 0.3) is 0 Å². The van der Waals surface area contributed by atoms with E-state index in [0.717, 1.165) is 0 Å². The number of rotatable bonds is 0. The zero-order valence-corrected chi connectivity index (χ0v) is 7.21. The largest absolute Gasteiger partial charge is 1.00 e. The molecule has 0 amide bonds. The van der Waals surface area contributed by atoms with E-state index in [9.17, 15) is 35.8 Å². The maximum Gasteiger partial charge on any atom is 1.00 e. The predicted molar refractivity (Wildman–Crippen MR) is 19.7 cm³/mol. The molecule has 0 saturated heterocycles. The summed E-state index contributed by atoms with van der Waals surface area (Å²) in [5.41, 5.74) is 0. The van der Waals surface area contributed by atoms with E-state index in [1.807, 2.05) is 0 Å². The molecule has 0 radical (unpaired) electrons. The second-order valence-corrected chi connectivity index (χ2v) is 3.60. The van der Waals surface area contributed by atoms with Crippen molar-refractivity contribution in [2.45, 2.75) is 11.8 Å². The summed E-state index contributed by atoms with van der Waals surface area (Å²) in [6.45, 7) is 0. The fraction of sp³-hybridized carbons (Fsp3) is 1.00. The van der Waals surface area contributed by atoms with E-state index in [0.29, 0.717) is 0 Å². The Morgan fingerprint density at radius 1 is 0.917 bits per heavy atom. The Morgan fingerprint density at radius 2 is 1.08 bits per heavy atom. The van der Waals surface area contributed by atoms with Crippen LogP contribution in [-0.4, -0.2) is 11.8 Å². The van der Waals surface area contributed by atoms with E-state index in [1.54, 1.807) is 0 Å². The zero-order valence-electron chi connectivity index (χ0n) is 4.83. The second-order valence-electron chi connectivity index (χ2n) is 1.49. The van der Waals surface area contributed by atoms with Crippen molar-refractivity contribution in [1.29, 1.82) is 0 Å². The fourth-order valence-electron chi connectivity index (χ4n) is 0.144. The average Bonchev–Trinajstić information content (AvgIpc) is 1.58. The fourth-order valence-corrected chi connectivity index (χ4v) is 0.431. The summed E-state index contributed by atoms with van der Waals surface area (Å²) in [4.78, 5) is 9.45. The summed E-state index contributed by atoms with van der Waals surface area (Å²) in [6, 6.07) is 0. The maximum absolute atomic E-state index is 11.0. The monoisotopic (exact) mass is 308 g/mol. The summed E-state index contributed by atoms with van der Waals surface area (Å²) in [7, 11) is -7.31. The first kappa shape index (κ1) is 15.0. The third-order valence-corrected chi connectivity index (χ3v) is 2.00. The van der Waals surface area contributed by atoms with E-state index in [1.165, 1.54) is 0 Å². The molecule has 0 bridgehead atoms. The molecule has 0 atom stereocenters. The van der Waals surface area contributed by atoms with Crippen LogP contribution in [0.4, 0.5) is 26.3 Å². The van der Waals surface area contributed by atoms with Crippen molar-refractivity contribution in [3.8, 4) is 0 Å². The van der Waals surface area contributed by atoms with Crippen LogP contribution in [0.15, 0.2) is 0 Å². The van der Waals surface area contributed by atoms with Crippen molar-refractivity contribution in [3.63, 3.8) is 0 Å². The Kier molecular flexibility index (Phi) is 4.64. The van der Waals surface area contributed by atoms with Crippen LogP contribution in [-0.2, 0) is 26.9 Å². The first-order chi connectivity index (χ1) is 4.50. The summed E-state index contributed by atoms with van der Waals surface area (Å²) in [6.07, 6.45) is 0. The van der Waals surface area contributed by atoms with Gasteiger partial charge in [0.25, 0.3) is 0 Å². The third-order valence-electron chi connectivity index (χ3n) is 0.668. The molecule has 0 aromatic heterocycles. The molecule has 10 heteroatoms. The predicted octanol–water partition coefficient (Wildman–Crippen LogP) is 1.66. The van der Waals surface area contributed by atoms with Gasteiger partial charge in [-0.1, -0.05) is 0 Å². The van der Waals surface area contributed by atoms with Crippen LogP contribution in [0.3, 0.4) is 0 Å². The molecular weight excluding hydrogens is 309 g/mol. The van der Waals surface area contributed by atoms with Gasteiger partial charge in [-0.05, 0) is 0 Å². The second kappa shape index (κ2) is 3.71. The minimum Gasteiger partial charge on any atom is -0.787 e. The van der Waals surface area contributed by atoms with Gasteiger partial charge in [-0.25, -0.2) is 0 Å². The summed E-state index contributed by atoms with van der Waals surface area (Å²) >= 11 is 0. The van der Waals surface area contributed by atoms with Crippen LogP contribution in [0.5, 0.6) is 0 Å². The molecule has 0 aliphatic rings. The number of alkyl halides is 6. The summed E-state index contributed by atoms with van der Waals surface area (Å²) in [5.74, 6) is -12.5. The van der Waals surface area contributed by atoms with Crippen molar-refractivity contribution in [2.24, 2.45) is 0 Å². The number of hydrogen-bond acceptors (Lipinski definition) is 2. The van der Waals surface area contributed by atoms with Gasteiger partial charge in [-0.3, -0.25) is 0 Å². The van der Waals surface area contributed by atoms with Crippen LogP contribution < -0.4 is 4.89 Å². The molecule has 0 fully saturated rings. The minimum atomic E-state index is -7.31. The molecule has 0 unspecified atom stereocenters. The van der Waals surface area contributed by atoms with Gasteiger partial charge in [0.05, 0.1) is 0 Å². The van der Waals surface area contributed by atoms with E-state index >= 15 is 0 Å². The molecule has 0 spiro atoms. The normalized spacial score (nSPS) is 13.9. The van der Waals surface area contributed by atoms with Crippen LogP contribution >= 0.6 is 7.37 Å². The summed E-state index contributed by atoms with van der Waals surface area (Å²) < 4.78 is 75.7. The molecule has 0 heterocycles. The first-order valence-corrected chi connectivity index (χ1v) is 3.57. The molecule has 0 saturated carbocycles. The van der Waals surface area contributed by atoms with Gasteiger partial charge in [0, 0.05) is 0 Å². The SMILES string of the molecule is O=P([O-])(C(F)(F)F)C(F)(F)F.[Ag+]. The molecule has 0 rings (SSSR count). The Balaban J connectivity index is 0. The van der Waals surface area contributed by atoms with Crippen molar-refractivity contribution in [3.05, 3.63) is 0 Å². The topological polar surface area (TPSA) is 40.1 Å². The minimum absolute atomic E-state index is 0. The van der Waals surface area contributed by atoms with Crippen LogP contribution in [0.1, 0.15) is 0 Å².